The van der Waals surface area contributed by atoms with Crippen LogP contribution in [0.25, 0.3) is 0 Å². The summed E-state index contributed by atoms with van der Waals surface area (Å²) in [5, 5.41) is 1.86. The molecule has 1 heterocycles. The van der Waals surface area contributed by atoms with Gasteiger partial charge in [-0.15, -0.1) is 0 Å². The zero-order chi connectivity index (χ0) is 11.8. The van der Waals surface area contributed by atoms with Gasteiger partial charge in [-0.25, -0.2) is 5.06 Å². The maximum atomic E-state index is 5.38. The van der Waals surface area contributed by atoms with E-state index in [2.05, 4.69) is 38.1 Å². The van der Waals surface area contributed by atoms with Gasteiger partial charge in [-0.2, -0.15) is 0 Å². The van der Waals surface area contributed by atoms with Crippen LogP contribution in [0, 0.1) is 0 Å². The van der Waals surface area contributed by atoms with Gasteiger partial charge in [0.1, 0.15) is 4.99 Å². The molecule has 1 atom stereocenters. The van der Waals surface area contributed by atoms with E-state index in [9.17, 15) is 0 Å². The average molecular weight is 235 g/mol. The minimum absolute atomic E-state index is 0.0762. The van der Waals surface area contributed by atoms with Crippen LogP contribution < -0.4 is 0 Å². The van der Waals surface area contributed by atoms with E-state index in [0.29, 0.717) is 5.92 Å². The predicted octanol–water partition coefficient (Wildman–Crippen LogP) is 3.14. The molecule has 3 heteroatoms. The zero-order valence-corrected chi connectivity index (χ0v) is 10.8. The van der Waals surface area contributed by atoms with E-state index in [1.165, 1.54) is 5.56 Å². The lowest BCUT2D eigenvalue weighted by atomic mass is 9.83. The van der Waals surface area contributed by atoms with Crippen molar-refractivity contribution in [2.75, 3.05) is 7.11 Å². The topological polar surface area (TPSA) is 12.5 Å². The van der Waals surface area contributed by atoms with Gasteiger partial charge < -0.3 is 0 Å². The van der Waals surface area contributed by atoms with Crippen molar-refractivity contribution in [3.8, 4) is 0 Å². The molecule has 2 nitrogen and oxygen atoms in total. The smallest absolute Gasteiger partial charge is 0.105 e. The summed E-state index contributed by atoms with van der Waals surface area (Å²) in [5.41, 5.74) is 1.25. The molecule has 0 spiro atoms. The summed E-state index contributed by atoms with van der Waals surface area (Å²) in [6.07, 6.45) is 0.889. The van der Waals surface area contributed by atoms with Crippen LogP contribution in [-0.2, 0) is 4.84 Å². The second-order valence-corrected chi connectivity index (χ2v) is 5.16. The molecule has 0 aromatic heterocycles. The first kappa shape index (κ1) is 11.6. The molecule has 1 aromatic carbocycles. The molecule has 0 N–H and O–H groups in total. The highest BCUT2D eigenvalue weighted by Gasteiger charge is 2.45. The molecule has 0 bridgehead atoms. The molecule has 2 rings (SSSR count). The number of thiocarbonyl (C=S) groups is 1. The van der Waals surface area contributed by atoms with Gasteiger partial charge in [-0.1, -0.05) is 42.5 Å². The minimum Gasteiger partial charge on any atom is -0.276 e. The summed E-state index contributed by atoms with van der Waals surface area (Å²) < 4.78 is 0. The van der Waals surface area contributed by atoms with E-state index in [0.717, 1.165) is 11.4 Å². The fourth-order valence-electron chi connectivity index (χ4n) is 2.52. The van der Waals surface area contributed by atoms with Crippen molar-refractivity contribution in [1.29, 1.82) is 0 Å². The molecule has 1 unspecified atom stereocenters. The van der Waals surface area contributed by atoms with E-state index >= 15 is 0 Å². The van der Waals surface area contributed by atoms with Crippen LogP contribution in [0.4, 0.5) is 0 Å². The van der Waals surface area contributed by atoms with Gasteiger partial charge in [0.15, 0.2) is 0 Å². The van der Waals surface area contributed by atoms with Crippen LogP contribution in [0.15, 0.2) is 30.3 Å². The van der Waals surface area contributed by atoms with Crippen molar-refractivity contribution in [2.24, 2.45) is 0 Å². The third kappa shape index (κ3) is 1.74. The van der Waals surface area contributed by atoms with Gasteiger partial charge in [0.25, 0.3) is 0 Å². The number of hydrogen-bond acceptors (Lipinski definition) is 2. The SMILES string of the molecule is CON1C(=S)CC(c2ccccc2)C1(C)C. The molecule has 0 amide bonds. The third-order valence-electron chi connectivity index (χ3n) is 3.37. The lowest BCUT2D eigenvalue weighted by Crippen LogP contribution is -2.42. The van der Waals surface area contributed by atoms with Gasteiger partial charge in [-0.05, 0) is 19.4 Å². The Labute approximate surface area is 102 Å². The fourth-order valence-corrected chi connectivity index (χ4v) is 2.99. The van der Waals surface area contributed by atoms with Crippen LogP contribution in [0.1, 0.15) is 31.7 Å². The van der Waals surface area contributed by atoms with Crippen molar-refractivity contribution in [2.45, 2.75) is 31.7 Å². The summed E-state index contributed by atoms with van der Waals surface area (Å²) in [5.74, 6) is 0.404. The van der Waals surface area contributed by atoms with Crippen molar-refractivity contribution < 1.29 is 4.84 Å². The number of hydroxylamine groups is 2. The average Bonchev–Trinajstić information content (AvgIpc) is 2.50. The molecule has 0 radical (unpaired) electrons. The Bertz CT molecular complexity index is 388. The Morgan fingerprint density at radius 2 is 1.94 bits per heavy atom. The first-order valence-electron chi connectivity index (χ1n) is 5.49. The molecule has 1 aliphatic heterocycles. The first-order chi connectivity index (χ1) is 7.57. The van der Waals surface area contributed by atoms with Gasteiger partial charge >= 0.3 is 0 Å². The summed E-state index contributed by atoms with van der Waals surface area (Å²) in [7, 11) is 1.68. The van der Waals surface area contributed by atoms with Gasteiger partial charge in [-0.3, -0.25) is 4.84 Å². The highest BCUT2D eigenvalue weighted by atomic mass is 32.1. The molecule has 0 saturated carbocycles. The summed E-state index contributed by atoms with van der Waals surface area (Å²) >= 11 is 5.37. The van der Waals surface area contributed by atoms with E-state index < -0.39 is 0 Å². The molecular formula is C13H17NOS. The third-order valence-corrected chi connectivity index (χ3v) is 3.70. The van der Waals surface area contributed by atoms with Crippen molar-refractivity contribution >= 4 is 17.2 Å². The van der Waals surface area contributed by atoms with E-state index in [1.54, 1.807) is 7.11 Å². The molecule has 1 fully saturated rings. The molecule has 1 aliphatic rings. The Hall–Kier alpha value is -0.930. The van der Waals surface area contributed by atoms with Gasteiger partial charge in [0.2, 0.25) is 0 Å². The van der Waals surface area contributed by atoms with Gasteiger partial charge in [0.05, 0.1) is 12.6 Å². The summed E-state index contributed by atoms with van der Waals surface area (Å²) in [6.45, 7) is 4.35. The zero-order valence-electron chi connectivity index (χ0n) is 9.93. The molecule has 0 aliphatic carbocycles. The van der Waals surface area contributed by atoms with Crippen LogP contribution >= 0.6 is 12.2 Å². The fraction of sp³-hybridized carbons (Fsp3) is 0.462. The Morgan fingerprint density at radius 1 is 1.31 bits per heavy atom. The molecular weight excluding hydrogens is 218 g/mol. The number of benzene rings is 1. The second-order valence-electron chi connectivity index (χ2n) is 4.69. The summed E-state index contributed by atoms with van der Waals surface area (Å²) in [6, 6.07) is 10.5. The van der Waals surface area contributed by atoms with E-state index in [1.807, 2.05) is 11.1 Å². The first-order valence-corrected chi connectivity index (χ1v) is 5.90. The lowest BCUT2D eigenvalue weighted by molar-refractivity contribution is -0.121. The second kappa shape index (κ2) is 4.15. The van der Waals surface area contributed by atoms with E-state index in [4.69, 9.17) is 17.1 Å². The van der Waals surface area contributed by atoms with Gasteiger partial charge in [0, 0.05) is 12.3 Å². The van der Waals surface area contributed by atoms with Crippen LogP contribution in [0.3, 0.4) is 0 Å². The van der Waals surface area contributed by atoms with Crippen LogP contribution in [0.2, 0.25) is 0 Å². The number of rotatable bonds is 2. The Morgan fingerprint density at radius 3 is 2.44 bits per heavy atom. The normalized spacial score (nSPS) is 23.8. The number of nitrogens with zero attached hydrogens (tertiary/aromatic N) is 1. The van der Waals surface area contributed by atoms with Crippen LogP contribution in [0.5, 0.6) is 0 Å². The molecule has 1 saturated heterocycles. The number of hydrogen-bond donors (Lipinski definition) is 0. The molecule has 1 aromatic rings. The highest BCUT2D eigenvalue weighted by molar-refractivity contribution is 7.80. The largest absolute Gasteiger partial charge is 0.276 e. The lowest BCUT2D eigenvalue weighted by Gasteiger charge is -2.34. The molecule has 86 valence electrons. The van der Waals surface area contributed by atoms with Crippen molar-refractivity contribution in [3.63, 3.8) is 0 Å². The van der Waals surface area contributed by atoms with Crippen molar-refractivity contribution in [3.05, 3.63) is 35.9 Å². The van der Waals surface area contributed by atoms with Crippen molar-refractivity contribution in [1.82, 2.24) is 5.06 Å². The Balaban J connectivity index is 2.35. The summed E-state index contributed by atoms with van der Waals surface area (Å²) in [4.78, 5) is 6.27. The van der Waals surface area contributed by atoms with E-state index in [-0.39, 0.29) is 5.54 Å². The highest BCUT2D eigenvalue weighted by Crippen LogP contribution is 2.42. The quantitative estimate of drug-likeness (QED) is 0.731. The van der Waals surface area contributed by atoms with Crippen LogP contribution in [-0.4, -0.2) is 22.7 Å². The predicted molar refractivity (Wildman–Crippen MR) is 69.3 cm³/mol. The maximum absolute atomic E-state index is 5.38. The molecule has 16 heavy (non-hydrogen) atoms. The standard InChI is InChI=1S/C13H17NOS/c1-13(2)11(9-12(16)14(13)15-3)10-7-5-4-6-8-10/h4-8,11H,9H2,1-3H3. The monoisotopic (exact) mass is 235 g/mol. The Kier molecular flexibility index (Phi) is 3.00. The minimum atomic E-state index is -0.0762. The maximum Gasteiger partial charge on any atom is 0.105 e.